The van der Waals surface area contributed by atoms with Crippen LogP contribution in [-0.4, -0.2) is 50.6 Å². The van der Waals surface area contributed by atoms with E-state index in [0.717, 1.165) is 25.9 Å². The topological polar surface area (TPSA) is 126 Å². The summed E-state index contributed by atoms with van der Waals surface area (Å²) in [5.41, 5.74) is 8.33. The van der Waals surface area contributed by atoms with Gasteiger partial charge in [-0.2, -0.15) is 0 Å². The summed E-state index contributed by atoms with van der Waals surface area (Å²) in [6, 6.07) is 15.9. The molecule has 206 valence electrons. The zero-order chi connectivity index (χ0) is 28.5. The van der Waals surface area contributed by atoms with E-state index in [1.165, 1.54) is 0 Å². The van der Waals surface area contributed by atoms with Gasteiger partial charge in [0.2, 0.25) is 0 Å². The summed E-state index contributed by atoms with van der Waals surface area (Å²) >= 11 is 0. The van der Waals surface area contributed by atoms with Crippen molar-refractivity contribution in [3.05, 3.63) is 94.3 Å². The third-order valence-electron chi connectivity index (χ3n) is 7.51. The number of nitrogens with two attached hydrogens (primary N) is 1. The maximum atomic E-state index is 14.2. The van der Waals surface area contributed by atoms with Gasteiger partial charge >= 0.3 is 5.65 Å². The maximum absolute atomic E-state index is 14.2. The summed E-state index contributed by atoms with van der Waals surface area (Å²) in [5.74, 6) is 7.14. The van der Waals surface area contributed by atoms with Crippen molar-refractivity contribution < 1.29 is 9.31 Å². The SMILES string of the molecule is CC(NC(=O)c1c(N)[nH][n+]2cccnc12)c1nc2cccc(C#CC3CCN(C)CC3)c2c(=O)n1-c1ccccc1. The van der Waals surface area contributed by atoms with Crippen molar-refractivity contribution in [3.8, 4) is 17.5 Å². The van der Waals surface area contributed by atoms with Gasteiger partial charge in [-0.3, -0.25) is 14.2 Å². The molecule has 4 N–H and O–H groups in total. The summed E-state index contributed by atoms with van der Waals surface area (Å²) in [7, 11) is 2.12. The van der Waals surface area contributed by atoms with Crippen LogP contribution in [0.3, 0.4) is 0 Å². The first-order valence-corrected chi connectivity index (χ1v) is 13.7. The van der Waals surface area contributed by atoms with Crippen LogP contribution in [0.1, 0.15) is 47.6 Å². The zero-order valence-electron chi connectivity index (χ0n) is 23.0. The number of hydrogen-bond donors (Lipinski definition) is 3. The molecule has 0 aliphatic carbocycles. The van der Waals surface area contributed by atoms with Crippen LogP contribution in [-0.2, 0) is 0 Å². The number of carbonyl (C=O) groups is 1. The molecule has 1 aliphatic rings. The molecule has 0 radical (unpaired) electrons. The number of aromatic amines is 1. The third-order valence-corrected chi connectivity index (χ3v) is 7.51. The Kier molecular flexibility index (Phi) is 6.95. The van der Waals surface area contributed by atoms with Crippen molar-refractivity contribution >= 4 is 28.3 Å². The predicted octanol–water partition coefficient (Wildman–Crippen LogP) is 2.61. The Bertz CT molecular complexity index is 1880. The van der Waals surface area contributed by atoms with E-state index in [0.29, 0.717) is 39.5 Å². The van der Waals surface area contributed by atoms with Gasteiger partial charge < -0.3 is 16.0 Å². The average Bonchev–Trinajstić information content (AvgIpc) is 3.32. The Morgan fingerprint density at radius 1 is 1.15 bits per heavy atom. The van der Waals surface area contributed by atoms with E-state index < -0.39 is 11.9 Å². The van der Waals surface area contributed by atoms with Crippen molar-refractivity contribution in [3.63, 3.8) is 0 Å². The molecule has 2 aromatic carbocycles. The second-order valence-electron chi connectivity index (χ2n) is 10.4. The highest BCUT2D eigenvalue weighted by Gasteiger charge is 2.27. The monoisotopic (exact) mass is 547 g/mol. The number of aromatic nitrogens is 5. The zero-order valence-corrected chi connectivity index (χ0v) is 23.0. The Morgan fingerprint density at radius 3 is 2.71 bits per heavy atom. The Balaban J connectivity index is 1.43. The highest BCUT2D eigenvalue weighted by molar-refractivity contribution is 6.03. The van der Waals surface area contributed by atoms with Crippen LogP contribution in [0, 0.1) is 17.8 Å². The lowest BCUT2D eigenvalue weighted by Gasteiger charge is -2.25. The molecule has 10 nitrogen and oxygen atoms in total. The smallest absolute Gasteiger partial charge is 0.362 e. The summed E-state index contributed by atoms with van der Waals surface area (Å²) < 4.78 is 3.14. The number of rotatable bonds is 4. The predicted molar refractivity (Wildman–Crippen MR) is 156 cm³/mol. The van der Waals surface area contributed by atoms with E-state index in [9.17, 15) is 9.59 Å². The van der Waals surface area contributed by atoms with Gasteiger partial charge in [-0.1, -0.05) is 36.1 Å². The molecule has 1 fully saturated rings. The number of para-hydroxylation sites is 1. The highest BCUT2D eigenvalue weighted by atomic mass is 16.2. The van der Waals surface area contributed by atoms with Crippen molar-refractivity contribution in [2.24, 2.45) is 5.92 Å². The van der Waals surface area contributed by atoms with Crippen LogP contribution in [0.2, 0.25) is 0 Å². The summed E-state index contributed by atoms with van der Waals surface area (Å²) in [4.78, 5) is 39.2. The maximum Gasteiger partial charge on any atom is 0.362 e. The summed E-state index contributed by atoms with van der Waals surface area (Å²) in [6.07, 6.45) is 5.34. The number of fused-ring (bicyclic) bond motifs is 2. The molecule has 41 heavy (non-hydrogen) atoms. The second-order valence-corrected chi connectivity index (χ2v) is 10.4. The van der Waals surface area contributed by atoms with Gasteiger partial charge in [0.25, 0.3) is 11.5 Å². The van der Waals surface area contributed by atoms with Crippen molar-refractivity contribution in [1.29, 1.82) is 0 Å². The number of piperidine rings is 1. The van der Waals surface area contributed by atoms with E-state index in [1.54, 1.807) is 34.5 Å². The minimum Gasteiger partial charge on any atom is -0.382 e. The summed E-state index contributed by atoms with van der Waals surface area (Å²) in [5, 5.41) is 6.35. The summed E-state index contributed by atoms with van der Waals surface area (Å²) in [6.45, 7) is 3.83. The fourth-order valence-electron chi connectivity index (χ4n) is 5.31. The molecule has 1 amide bonds. The fourth-order valence-corrected chi connectivity index (χ4v) is 5.31. The molecular weight excluding hydrogens is 516 g/mol. The number of anilines is 1. The molecule has 10 heteroatoms. The van der Waals surface area contributed by atoms with Gasteiger partial charge in [-0.15, -0.1) is 4.52 Å². The van der Waals surface area contributed by atoms with Crippen LogP contribution in [0.4, 0.5) is 5.82 Å². The molecule has 6 rings (SSSR count). The molecule has 0 spiro atoms. The molecule has 1 aliphatic heterocycles. The lowest BCUT2D eigenvalue weighted by molar-refractivity contribution is -0.577. The fraction of sp³-hybridized carbons (Fsp3) is 0.258. The van der Waals surface area contributed by atoms with E-state index in [2.05, 4.69) is 39.2 Å². The Morgan fingerprint density at radius 2 is 1.93 bits per heavy atom. The number of hydrogen-bond acceptors (Lipinski definition) is 6. The van der Waals surface area contributed by atoms with Crippen molar-refractivity contribution in [2.45, 2.75) is 25.8 Å². The number of nitrogens with one attached hydrogen (secondary N) is 2. The second kappa shape index (κ2) is 10.9. The first-order chi connectivity index (χ1) is 19.9. The number of likely N-dealkylation sites (tertiary alicyclic amines) is 1. The van der Waals surface area contributed by atoms with E-state index in [-0.39, 0.29) is 16.9 Å². The highest BCUT2D eigenvalue weighted by Crippen LogP contribution is 2.22. The largest absolute Gasteiger partial charge is 0.382 e. The van der Waals surface area contributed by atoms with Crippen LogP contribution >= 0.6 is 0 Å². The van der Waals surface area contributed by atoms with Gasteiger partial charge in [-0.25, -0.2) is 10.1 Å². The standard InChI is InChI=1S/C31H30N8O2/c1-20(34-30(40)26-27(32)36-38-17-7-16-33-29(26)38)28-35-24-11-6-8-22(13-12-21-14-18-37(2)19-15-21)25(24)31(41)39(28)23-9-4-3-5-10-23/h3-11,16-17,20-21H,14-15,18-19H2,1-2H3,(H3,32,34,36,40)/p+1. The minimum atomic E-state index is -0.646. The van der Waals surface area contributed by atoms with Gasteiger partial charge in [0.15, 0.2) is 11.4 Å². The quantitative estimate of drug-likeness (QED) is 0.235. The van der Waals surface area contributed by atoms with Crippen molar-refractivity contribution in [2.75, 3.05) is 25.9 Å². The average molecular weight is 548 g/mol. The molecule has 0 saturated carbocycles. The lowest BCUT2D eigenvalue weighted by Crippen LogP contribution is -2.34. The van der Waals surface area contributed by atoms with Crippen molar-refractivity contribution in [1.82, 2.24) is 29.9 Å². The molecule has 1 unspecified atom stereocenters. The molecule has 5 aromatic rings. The van der Waals surface area contributed by atoms with Crippen LogP contribution in [0.5, 0.6) is 0 Å². The molecule has 1 atom stereocenters. The Labute approximate surface area is 236 Å². The number of nitrogens with zero attached hydrogens (tertiary/aromatic N) is 5. The first kappa shape index (κ1) is 26.2. The van der Waals surface area contributed by atoms with Crippen LogP contribution < -0.4 is 21.1 Å². The van der Waals surface area contributed by atoms with Gasteiger partial charge in [0.1, 0.15) is 18.2 Å². The van der Waals surface area contributed by atoms with E-state index >= 15 is 0 Å². The molecule has 4 heterocycles. The normalized spacial score (nSPS) is 15.0. The Hall–Kier alpha value is -5.01. The molecular formula is C31H31N8O2+. The minimum absolute atomic E-state index is 0.188. The number of H-pyrrole nitrogens is 1. The van der Waals surface area contributed by atoms with Gasteiger partial charge in [0, 0.05) is 17.5 Å². The van der Waals surface area contributed by atoms with Crippen LogP contribution in [0.15, 0.2) is 71.8 Å². The molecule has 3 aromatic heterocycles. The number of benzene rings is 2. The third kappa shape index (κ3) is 5.03. The van der Waals surface area contributed by atoms with E-state index in [4.69, 9.17) is 10.7 Å². The molecule has 1 saturated heterocycles. The number of carbonyl (C=O) groups excluding carboxylic acids is 1. The van der Waals surface area contributed by atoms with Gasteiger partial charge in [-0.05, 0) is 69.2 Å². The number of nitrogen functional groups attached to an aromatic ring is 1. The molecule has 0 bridgehead atoms. The first-order valence-electron chi connectivity index (χ1n) is 13.7. The van der Waals surface area contributed by atoms with E-state index in [1.807, 2.05) is 48.5 Å². The number of amides is 1. The lowest BCUT2D eigenvalue weighted by atomic mass is 9.97. The van der Waals surface area contributed by atoms with Crippen LogP contribution in [0.25, 0.3) is 22.2 Å². The van der Waals surface area contributed by atoms with Gasteiger partial charge in [0.05, 0.1) is 22.6 Å².